The number of fused-ring (bicyclic) bond motifs is 1. The highest BCUT2D eigenvalue weighted by Crippen LogP contribution is 2.30. The maximum absolute atomic E-state index is 13.9. The normalized spacial score (nSPS) is 14.7. The number of carbonyl (C=O) groups excluding carboxylic acids is 3. The number of amides is 3. The minimum absolute atomic E-state index is 0.0332. The van der Waals surface area contributed by atoms with Crippen molar-refractivity contribution >= 4 is 27.7 Å². The van der Waals surface area contributed by atoms with Crippen molar-refractivity contribution in [2.45, 2.75) is 44.7 Å². The van der Waals surface area contributed by atoms with Crippen molar-refractivity contribution in [2.75, 3.05) is 13.1 Å². The van der Waals surface area contributed by atoms with Crippen LogP contribution >= 0.6 is 0 Å². The molecule has 0 saturated heterocycles. The van der Waals surface area contributed by atoms with Crippen molar-refractivity contribution in [2.24, 2.45) is 5.92 Å². The average molecular weight is 548 g/mol. The second-order valence-electron chi connectivity index (χ2n) is 10.2. The number of rotatable bonds is 10. The Hall–Kier alpha value is -3.98. The van der Waals surface area contributed by atoms with E-state index in [1.54, 1.807) is 6.07 Å². The fourth-order valence-electron chi connectivity index (χ4n) is 4.47. The quantitative estimate of drug-likeness (QED) is 0.418. The molecule has 1 N–H and O–H groups in total. The van der Waals surface area contributed by atoms with Crippen molar-refractivity contribution in [3.8, 4) is 0 Å². The highest BCUT2D eigenvalue weighted by molar-refractivity contribution is 7.90. The van der Waals surface area contributed by atoms with Crippen molar-refractivity contribution in [1.82, 2.24) is 14.5 Å². The van der Waals surface area contributed by atoms with Gasteiger partial charge in [0.2, 0.25) is 11.8 Å². The second-order valence-corrected chi connectivity index (χ2v) is 12.0. The molecule has 39 heavy (non-hydrogen) atoms. The van der Waals surface area contributed by atoms with E-state index in [9.17, 15) is 22.8 Å². The van der Waals surface area contributed by atoms with Crippen LogP contribution < -0.4 is 5.32 Å². The molecule has 0 bridgehead atoms. The van der Waals surface area contributed by atoms with Crippen LogP contribution in [-0.4, -0.2) is 54.5 Å². The van der Waals surface area contributed by atoms with Gasteiger partial charge in [-0.25, -0.2) is 12.7 Å². The van der Waals surface area contributed by atoms with Gasteiger partial charge < -0.3 is 10.2 Å². The number of carbonyl (C=O) groups is 3. The van der Waals surface area contributed by atoms with Crippen molar-refractivity contribution in [1.29, 1.82) is 0 Å². The number of nitrogens with zero attached hydrogens (tertiary/aromatic N) is 2. The second kappa shape index (κ2) is 11.8. The van der Waals surface area contributed by atoms with Gasteiger partial charge in [-0.2, -0.15) is 0 Å². The Labute approximate surface area is 229 Å². The molecule has 0 saturated carbocycles. The van der Waals surface area contributed by atoms with Crippen LogP contribution in [0.5, 0.6) is 0 Å². The standard InChI is InChI=1S/C30H33N3O5S/c1-21(2)18-31-29(35)26(17-23-9-5-4-6-10-23)32(19-24-15-13-22(3)14-16-24)28(34)20-33-30(36)25-11-7-8-12-27(25)39(33,37)38/h4-16,21,26H,17-20H2,1-3H3,(H,31,35)/t26-/m0/s1. The number of nitrogens with one attached hydrogen (secondary N) is 1. The van der Waals surface area contributed by atoms with Gasteiger partial charge in [0.15, 0.2) is 0 Å². The minimum atomic E-state index is -4.19. The van der Waals surface area contributed by atoms with E-state index in [4.69, 9.17) is 0 Å². The Kier molecular flexibility index (Phi) is 8.50. The van der Waals surface area contributed by atoms with Gasteiger partial charge in [0.25, 0.3) is 15.9 Å². The molecule has 1 aliphatic heterocycles. The van der Waals surface area contributed by atoms with E-state index in [0.29, 0.717) is 10.8 Å². The van der Waals surface area contributed by atoms with E-state index >= 15 is 0 Å². The maximum atomic E-state index is 13.9. The van der Waals surface area contributed by atoms with Gasteiger partial charge in [-0.05, 0) is 36.1 Å². The number of hydrogen-bond donors (Lipinski definition) is 1. The lowest BCUT2D eigenvalue weighted by molar-refractivity contribution is -0.141. The average Bonchev–Trinajstić information content (AvgIpc) is 3.11. The fraction of sp³-hybridized carbons (Fsp3) is 0.300. The molecule has 0 aromatic heterocycles. The number of benzene rings is 3. The lowest BCUT2D eigenvalue weighted by Gasteiger charge is -2.32. The molecule has 4 rings (SSSR count). The van der Waals surface area contributed by atoms with Crippen LogP contribution in [0.3, 0.4) is 0 Å². The first-order chi connectivity index (χ1) is 18.6. The third-order valence-corrected chi connectivity index (χ3v) is 8.41. The molecule has 1 atom stereocenters. The first kappa shape index (κ1) is 28.0. The molecular formula is C30H33N3O5S. The number of hydrogen-bond acceptors (Lipinski definition) is 5. The summed E-state index contributed by atoms with van der Waals surface area (Å²) in [6, 6.07) is 21.9. The van der Waals surface area contributed by atoms with Crippen LogP contribution in [0.4, 0.5) is 0 Å². The van der Waals surface area contributed by atoms with Gasteiger partial charge in [0.1, 0.15) is 17.5 Å². The van der Waals surface area contributed by atoms with Crippen LogP contribution in [0.1, 0.15) is 40.9 Å². The summed E-state index contributed by atoms with van der Waals surface area (Å²) in [5, 5.41) is 2.93. The summed E-state index contributed by atoms with van der Waals surface area (Å²) in [5.41, 5.74) is 2.70. The predicted molar refractivity (Wildman–Crippen MR) is 148 cm³/mol. The van der Waals surface area contributed by atoms with Gasteiger partial charge in [-0.3, -0.25) is 14.4 Å². The fourth-order valence-corrected chi connectivity index (χ4v) is 5.99. The lowest BCUT2D eigenvalue weighted by atomic mass is 10.0. The smallest absolute Gasteiger partial charge is 0.269 e. The van der Waals surface area contributed by atoms with E-state index < -0.39 is 34.4 Å². The van der Waals surface area contributed by atoms with Gasteiger partial charge in [0, 0.05) is 19.5 Å². The molecule has 0 aliphatic carbocycles. The molecular weight excluding hydrogens is 514 g/mol. The minimum Gasteiger partial charge on any atom is -0.354 e. The molecule has 1 aliphatic rings. The molecule has 3 aromatic carbocycles. The van der Waals surface area contributed by atoms with E-state index in [1.165, 1.54) is 23.1 Å². The Morgan fingerprint density at radius 2 is 1.54 bits per heavy atom. The Morgan fingerprint density at radius 3 is 2.18 bits per heavy atom. The van der Waals surface area contributed by atoms with Crippen LogP contribution in [0.25, 0.3) is 0 Å². The Bertz CT molecular complexity index is 1450. The first-order valence-electron chi connectivity index (χ1n) is 12.9. The zero-order valence-electron chi connectivity index (χ0n) is 22.3. The zero-order chi connectivity index (χ0) is 28.2. The number of aryl methyl sites for hydroxylation is 1. The summed E-state index contributed by atoms with van der Waals surface area (Å²) in [7, 11) is -4.19. The third kappa shape index (κ3) is 6.37. The largest absolute Gasteiger partial charge is 0.354 e. The van der Waals surface area contributed by atoms with E-state index in [2.05, 4.69) is 5.32 Å². The Balaban J connectivity index is 1.70. The van der Waals surface area contributed by atoms with Crippen LogP contribution in [-0.2, 0) is 32.6 Å². The van der Waals surface area contributed by atoms with Gasteiger partial charge >= 0.3 is 0 Å². The first-order valence-corrected chi connectivity index (χ1v) is 14.3. The van der Waals surface area contributed by atoms with Crippen LogP contribution in [0.15, 0.2) is 83.8 Å². The summed E-state index contributed by atoms with van der Waals surface area (Å²) in [5.74, 6) is -1.54. The highest BCUT2D eigenvalue weighted by atomic mass is 32.2. The molecule has 9 heteroatoms. The van der Waals surface area contributed by atoms with Gasteiger partial charge in [-0.1, -0.05) is 86.1 Å². The lowest BCUT2D eigenvalue weighted by Crippen LogP contribution is -2.53. The maximum Gasteiger partial charge on any atom is 0.269 e. The third-order valence-electron chi connectivity index (χ3n) is 6.62. The van der Waals surface area contributed by atoms with Crippen molar-refractivity contribution in [3.05, 3.63) is 101 Å². The molecule has 3 amide bonds. The highest BCUT2D eigenvalue weighted by Gasteiger charge is 2.43. The van der Waals surface area contributed by atoms with Crippen LogP contribution in [0, 0.1) is 12.8 Å². The summed E-state index contributed by atoms with van der Waals surface area (Å²) in [6.45, 7) is 5.69. The molecule has 1 heterocycles. The monoisotopic (exact) mass is 547 g/mol. The van der Waals surface area contributed by atoms with Gasteiger partial charge in [0.05, 0.1) is 5.56 Å². The van der Waals surface area contributed by atoms with Crippen LogP contribution in [0.2, 0.25) is 0 Å². The van der Waals surface area contributed by atoms with Crippen molar-refractivity contribution < 1.29 is 22.8 Å². The topological polar surface area (TPSA) is 104 Å². The number of sulfonamides is 1. The summed E-state index contributed by atoms with van der Waals surface area (Å²) in [6.07, 6.45) is 0.225. The summed E-state index contributed by atoms with van der Waals surface area (Å²) >= 11 is 0. The SMILES string of the molecule is Cc1ccc(CN(C(=O)CN2C(=O)c3ccccc3S2(=O)=O)[C@@H](Cc2ccccc2)C(=O)NCC(C)C)cc1. The van der Waals surface area contributed by atoms with E-state index in [1.807, 2.05) is 75.4 Å². The summed E-state index contributed by atoms with van der Waals surface area (Å²) < 4.78 is 27.0. The van der Waals surface area contributed by atoms with Gasteiger partial charge in [-0.15, -0.1) is 0 Å². The predicted octanol–water partition coefficient (Wildman–Crippen LogP) is 3.55. The molecule has 0 fully saturated rings. The molecule has 0 unspecified atom stereocenters. The molecule has 8 nitrogen and oxygen atoms in total. The molecule has 204 valence electrons. The van der Waals surface area contributed by atoms with E-state index in [-0.39, 0.29) is 35.2 Å². The van der Waals surface area contributed by atoms with Crippen molar-refractivity contribution in [3.63, 3.8) is 0 Å². The zero-order valence-corrected chi connectivity index (χ0v) is 23.1. The molecule has 3 aromatic rings. The Morgan fingerprint density at radius 1 is 0.897 bits per heavy atom. The molecule has 0 spiro atoms. The summed E-state index contributed by atoms with van der Waals surface area (Å²) in [4.78, 5) is 41.8. The van der Waals surface area contributed by atoms with E-state index in [0.717, 1.165) is 16.7 Å². The molecule has 0 radical (unpaired) electrons.